The molecule has 1 N–H and O–H groups in total. The minimum Gasteiger partial charge on any atom is -0.497 e. The third-order valence-electron chi connectivity index (χ3n) is 6.84. The van der Waals surface area contributed by atoms with Crippen molar-refractivity contribution in [2.75, 3.05) is 27.9 Å². The maximum atomic E-state index is 13.3. The molecule has 0 saturated heterocycles. The Balaban J connectivity index is 1.72. The van der Waals surface area contributed by atoms with Gasteiger partial charge in [-0.2, -0.15) is 0 Å². The normalized spacial score (nSPS) is 16.8. The minimum atomic E-state index is -3.76. The molecule has 0 radical (unpaired) electrons. The molecule has 0 fully saturated rings. The van der Waals surface area contributed by atoms with Crippen molar-refractivity contribution in [2.45, 2.75) is 43.8 Å². The van der Waals surface area contributed by atoms with E-state index < -0.39 is 16.1 Å². The van der Waals surface area contributed by atoms with E-state index in [2.05, 4.69) is 28.7 Å². The summed E-state index contributed by atoms with van der Waals surface area (Å²) < 4.78 is 45.9. The van der Waals surface area contributed by atoms with E-state index in [9.17, 15) is 8.42 Å². The molecule has 36 heavy (non-hydrogen) atoms. The standard InChI is InChI=1S/C28H34N2O5S/c1-19-8-6-7-9-22(19)18-30-15-14-21-16-26(34-4)27(35-5)17-25(21)28(30)20(2)29-36(31,32)24-12-10-23(33-3)11-13-24/h6-13,16-17,20,28-29H,14-15,18H2,1-5H3. The van der Waals surface area contributed by atoms with Gasteiger partial charge in [-0.25, -0.2) is 13.1 Å². The second-order valence-corrected chi connectivity index (χ2v) is 10.8. The molecule has 0 amide bonds. The topological polar surface area (TPSA) is 77.1 Å². The van der Waals surface area contributed by atoms with Gasteiger partial charge in [-0.3, -0.25) is 4.90 Å². The van der Waals surface area contributed by atoms with E-state index in [1.165, 1.54) is 11.1 Å². The third kappa shape index (κ3) is 5.36. The van der Waals surface area contributed by atoms with Crippen molar-refractivity contribution in [3.05, 3.63) is 82.9 Å². The Morgan fingerprint density at radius 2 is 1.64 bits per heavy atom. The maximum Gasteiger partial charge on any atom is 0.240 e. The van der Waals surface area contributed by atoms with E-state index >= 15 is 0 Å². The van der Waals surface area contributed by atoms with Crippen LogP contribution in [0.3, 0.4) is 0 Å². The van der Waals surface area contributed by atoms with Crippen LogP contribution in [0, 0.1) is 6.92 Å². The Morgan fingerprint density at radius 3 is 2.28 bits per heavy atom. The number of hydrogen-bond acceptors (Lipinski definition) is 6. The number of nitrogens with zero attached hydrogens (tertiary/aromatic N) is 1. The van der Waals surface area contributed by atoms with Crippen LogP contribution in [-0.4, -0.2) is 47.2 Å². The summed E-state index contributed by atoms with van der Waals surface area (Å²) in [6.45, 7) is 5.52. The van der Waals surface area contributed by atoms with Gasteiger partial charge in [-0.1, -0.05) is 24.3 Å². The summed E-state index contributed by atoms with van der Waals surface area (Å²) in [6, 6.07) is 18.1. The highest BCUT2D eigenvalue weighted by Crippen LogP contribution is 2.40. The molecule has 2 unspecified atom stereocenters. The summed E-state index contributed by atoms with van der Waals surface area (Å²) in [7, 11) is 1.03. The van der Waals surface area contributed by atoms with Gasteiger partial charge in [0.25, 0.3) is 0 Å². The van der Waals surface area contributed by atoms with Crippen molar-refractivity contribution in [2.24, 2.45) is 0 Å². The molecule has 0 spiro atoms. The van der Waals surface area contributed by atoms with Gasteiger partial charge in [-0.05, 0) is 78.9 Å². The zero-order valence-corrected chi connectivity index (χ0v) is 22.3. The number of rotatable bonds is 9. The zero-order valence-electron chi connectivity index (χ0n) is 21.4. The Labute approximate surface area is 214 Å². The van der Waals surface area contributed by atoms with E-state index in [-0.39, 0.29) is 10.9 Å². The monoisotopic (exact) mass is 510 g/mol. The molecule has 0 bridgehead atoms. The summed E-state index contributed by atoms with van der Waals surface area (Å²) in [5.74, 6) is 1.91. The van der Waals surface area contributed by atoms with E-state index in [4.69, 9.17) is 14.2 Å². The van der Waals surface area contributed by atoms with Gasteiger partial charge in [0.1, 0.15) is 5.75 Å². The van der Waals surface area contributed by atoms with Crippen molar-refractivity contribution in [1.29, 1.82) is 0 Å². The van der Waals surface area contributed by atoms with E-state index in [0.717, 1.165) is 24.1 Å². The number of benzene rings is 3. The summed E-state index contributed by atoms with van der Waals surface area (Å²) in [5.41, 5.74) is 4.60. The number of fused-ring (bicyclic) bond motifs is 1. The lowest BCUT2D eigenvalue weighted by molar-refractivity contribution is 0.150. The van der Waals surface area contributed by atoms with Crippen LogP contribution in [0.1, 0.15) is 35.2 Å². The first kappa shape index (κ1) is 26.0. The Morgan fingerprint density at radius 1 is 0.972 bits per heavy atom. The molecular weight excluding hydrogens is 476 g/mol. The maximum absolute atomic E-state index is 13.3. The highest BCUT2D eigenvalue weighted by molar-refractivity contribution is 7.89. The molecule has 7 nitrogen and oxygen atoms in total. The first-order valence-corrected chi connectivity index (χ1v) is 13.5. The number of aryl methyl sites for hydroxylation is 1. The Kier molecular flexibility index (Phi) is 7.88. The molecule has 1 aliphatic rings. The molecule has 2 atom stereocenters. The second-order valence-electron chi connectivity index (χ2n) is 9.08. The van der Waals surface area contributed by atoms with Crippen LogP contribution in [0.15, 0.2) is 65.6 Å². The average Bonchev–Trinajstić information content (AvgIpc) is 2.88. The molecular formula is C28H34N2O5S. The van der Waals surface area contributed by atoms with E-state index in [1.54, 1.807) is 45.6 Å². The first-order chi connectivity index (χ1) is 17.3. The van der Waals surface area contributed by atoms with Crippen LogP contribution in [0.4, 0.5) is 0 Å². The fourth-order valence-electron chi connectivity index (χ4n) is 4.93. The van der Waals surface area contributed by atoms with Gasteiger partial charge in [0.05, 0.1) is 32.3 Å². The summed E-state index contributed by atoms with van der Waals surface area (Å²) in [4.78, 5) is 2.54. The molecule has 1 aliphatic heterocycles. The molecule has 8 heteroatoms. The first-order valence-electron chi connectivity index (χ1n) is 12.0. The van der Waals surface area contributed by atoms with Crippen LogP contribution < -0.4 is 18.9 Å². The molecule has 4 rings (SSSR count). The number of methoxy groups -OCH3 is 3. The molecule has 1 heterocycles. The van der Waals surface area contributed by atoms with Crippen molar-refractivity contribution in [3.63, 3.8) is 0 Å². The lowest BCUT2D eigenvalue weighted by Gasteiger charge is -2.41. The van der Waals surface area contributed by atoms with E-state index in [0.29, 0.717) is 23.8 Å². The Bertz CT molecular complexity index is 1310. The molecule has 0 aliphatic carbocycles. The number of sulfonamides is 1. The number of nitrogens with one attached hydrogen (secondary N) is 1. The van der Waals surface area contributed by atoms with Gasteiger partial charge >= 0.3 is 0 Å². The van der Waals surface area contributed by atoms with Crippen molar-refractivity contribution >= 4 is 10.0 Å². The van der Waals surface area contributed by atoms with Crippen molar-refractivity contribution in [1.82, 2.24) is 9.62 Å². The Hall–Kier alpha value is -3.07. The number of hydrogen-bond donors (Lipinski definition) is 1. The summed E-state index contributed by atoms with van der Waals surface area (Å²) in [6.07, 6.45) is 0.829. The van der Waals surface area contributed by atoms with E-state index in [1.807, 2.05) is 31.2 Å². The molecule has 192 valence electrons. The van der Waals surface area contributed by atoms with Crippen molar-refractivity contribution < 1.29 is 22.6 Å². The van der Waals surface area contributed by atoms with Crippen LogP contribution in [0.25, 0.3) is 0 Å². The van der Waals surface area contributed by atoms with Crippen LogP contribution in [0.2, 0.25) is 0 Å². The minimum absolute atomic E-state index is 0.198. The smallest absolute Gasteiger partial charge is 0.240 e. The number of ether oxygens (including phenoxy) is 3. The third-order valence-corrected chi connectivity index (χ3v) is 8.42. The quantitative estimate of drug-likeness (QED) is 0.457. The molecule has 3 aromatic carbocycles. The summed E-state index contributed by atoms with van der Waals surface area (Å²) in [5, 5.41) is 0. The van der Waals surface area contributed by atoms with Crippen LogP contribution >= 0.6 is 0 Å². The van der Waals surface area contributed by atoms with Gasteiger partial charge in [0, 0.05) is 19.1 Å². The largest absolute Gasteiger partial charge is 0.497 e. The van der Waals surface area contributed by atoms with Crippen LogP contribution in [-0.2, 0) is 23.0 Å². The highest BCUT2D eigenvalue weighted by Gasteiger charge is 2.35. The molecule has 0 aromatic heterocycles. The van der Waals surface area contributed by atoms with Gasteiger partial charge in [0.2, 0.25) is 10.0 Å². The second kappa shape index (κ2) is 10.9. The SMILES string of the molecule is COc1ccc(S(=O)(=O)NC(C)C2c3cc(OC)c(OC)cc3CCN2Cc2ccccc2C)cc1. The predicted molar refractivity (Wildman–Crippen MR) is 140 cm³/mol. The van der Waals surface area contributed by atoms with Crippen molar-refractivity contribution in [3.8, 4) is 17.2 Å². The zero-order chi connectivity index (χ0) is 25.9. The molecule has 3 aromatic rings. The average molecular weight is 511 g/mol. The molecule has 0 saturated carbocycles. The summed E-state index contributed by atoms with van der Waals surface area (Å²) >= 11 is 0. The fourth-order valence-corrected chi connectivity index (χ4v) is 6.18. The highest BCUT2D eigenvalue weighted by atomic mass is 32.2. The predicted octanol–water partition coefficient (Wildman–Crippen LogP) is 4.49. The van der Waals surface area contributed by atoms with Gasteiger partial charge < -0.3 is 14.2 Å². The van der Waals surface area contributed by atoms with Crippen LogP contribution in [0.5, 0.6) is 17.2 Å². The van der Waals surface area contributed by atoms with Gasteiger partial charge in [-0.15, -0.1) is 0 Å². The lowest BCUT2D eigenvalue weighted by atomic mass is 9.88. The lowest BCUT2D eigenvalue weighted by Crippen LogP contribution is -2.47. The fraction of sp³-hybridized carbons (Fsp3) is 0.357. The van der Waals surface area contributed by atoms with Gasteiger partial charge in [0.15, 0.2) is 11.5 Å².